The molecule has 0 saturated carbocycles. The lowest BCUT2D eigenvalue weighted by Crippen LogP contribution is -2.44. The van der Waals surface area contributed by atoms with Gasteiger partial charge in [-0.15, -0.1) is 0 Å². The third kappa shape index (κ3) is 4.37. The average molecular weight is 409 g/mol. The van der Waals surface area contributed by atoms with Crippen molar-refractivity contribution in [3.8, 4) is 5.75 Å². The molecule has 0 spiro atoms. The zero-order valence-corrected chi connectivity index (χ0v) is 17.7. The Bertz CT molecular complexity index is 920. The molecule has 0 radical (unpaired) electrons. The molecule has 1 aliphatic rings. The van der Waals surface area contributed by atoms with Crippen LogP contribution in [0.2, 0.25) is 0 Å². The number of ketones is 1. The van der Waals surface area contributed by atoms with Crippen LogP contribution in [0.25, 0.3) is 0 Å². The van der Waals surface area contributed by atoms with Crippen molar-refractivity contribution in [2.75, 3.05) is 7.11 Å². The first-order chi connectivity index (χ1) is 14.2. The van der Waals surface area contributed by atoms with E-state index in [1.54, 1.807) is 52.1 Å². The maximum atomic E-state index is 13.1. The van der Waals surface area contributed by atoms with Crippen molar-refractivity contribution in [3.63, 3.8) is 0 Å². The molecule has 1 heterocycles. The van der Waals surface area contributed by atoms with Gasteiger partial charge in [-0.3, -0.25) is 14.4 Å². The second-order valence-electron chi connectivity index (χ2n) is 8.11. The first-order valence-corrected chi connectivity index (χ1v) is 9.97. The lowest BCUT2D eigenvalue weighted by Gasteiger charge is -2.31. The van der Waals surface area contributed by atoms with Crippen LogP contribution in [-0.2, 0) is 20.9 Å². The number of methoxy groups -OCH3 is 1. The van der Waals surface area contributed by atoms with Crippen molar-refractivity contribution < 1.29 is 23.9 Å². The SMILES string of the molecule is COc1ccc(C(=O)[C@@H](C)[C@H]2[C@H](C(=O)NCc3ccccc3)C(=O)OC2(C)C)cc1. The third-order valence-electron chi connectivity index (χ3n) is 5.70. The van der Waals surface area contributed by atoms with Gasteiger partial charge in [-0.2, -0.15) is 0 Å². The van der Waals surface area contributed by atoms with E-state index in [1.807, 2.05) is 30.3 Å². The monoisotopic (exact) mass is 409 g/mol. The van der Waals surface area contributed by atoms with Gasteiger partial charge < -0.3 is 14.8 Å². The quantitative estimate of drug-likeness (QED) is 0.431. The Hall–Kier alpha value is -3.15. The van der Waals surface area contributed by atoms with Crippen LogP contribution in [0.3, 0.4) is 0 Å². The molecule has 1 aliphatic heterocycles. The maximum absolute atomic E-state index is 13.1. The van der Waals surface area contributed by atoms with Gasteiger partial charge in [0, 0.05) is 23.9 Å². The lowest BCUT2D eigenvalue weighted by molar-refractivity contribution is -0.150. The molecule has 0 unspecified atom stereocenters. The second kappa shape index (κ2) is 8.69. The highest BCUT2D eigenvalue weighted by Crippen LogP contribution is 2.43. The fourth-order valence-electron chi connectivity index (χ4n) is 4.18. The minimum Gasteiger partial charge on any atom is -0.497 e. The number of ether oxygens (including phenoxy) is 2. The van der Waals surface area contributed by atoms with Gasteiger partial charge in [0.2, 0.25) is 5.91 Å². The number of amides is 1. The van der Waals surface area contributed by atoms with E-state index in [1.165, 1.54) is 0 Å². The number of benzene rings is 2. The van der Waals surface area contributed by atoms with Gasteiger partial charge in [0.1, 0.15) is 17.3 Å². The molecule has 2 aromatic rings. The summed E-state index contributed by atoms with van der Waals surface area (Å²) in [5.41, 5.74) is 0.491. The average Bonchev–Trinajstić information content (AvgIpc) is 2.99. The van der Waals surface area contributed by atoms with Crippen LogP contribution in [0.5, 0.6) is 5.75 Å². The number of carbonyl (C=O) groups excluding carboxylic acids is 3. The molecule has 158 valence electrons. The standard InChI is InChI=1S/C24H27NO5/c1-15(21(26)17-10-12-18(29-4)13-11-17)20-19(23(28)30-24(20,2)3)22(27)25-14-16-8-6-5-7-9-16/h5-13,15,19-20H,14H2,1-4H3,(H,25,27)/t15-,19+,20-/m0/s1. The third-order valence-corrected chi connectivity index (χ3v) is 5.70. The molecule has 6 nitrogen and oxygen atoms in total. The summed E-state index contributed by atoms with van der Waals surface area (Å²) in [6, 6.07) is 16.2. The topological polar surface area (TPSA) is 81.7 Å². The van der Waals surface area contributed by atoms with Gasteiger partial charge in [0.25, 0.3) is 0 Å². The van der Waals surface area contributed by atoms with E-state index in [9.17, 15) is 14.4 Å². The van der Waals surface area contributed by atoms with Gasteiger partial charge in [0.05, 0.1) is 7.11 Å². The molecule has 0 bridgehead atoms. The summed E-state index contributed by atoms with van der Waals surface area (Å²) in [7, 11) is 1.56. The summed E-state index contributed by atoms with van der Waals surface area (Å²) in [6.07, 6.45) is 0. The molecule has 1 fully saturated rings. The summed E-state index contributed by atoms with van der Waals surface area (Å²) in [6.45, 7) is 5.55. The zero-order chi connectivity index (χ0) is 21.9. The van der Waals surface area contributed by atoms with Crippen molar-refractivity contribution in [2.45, 2.75) is 32.9 Å². The first kappa shape index (κ1) is 21.6. The van der Waals surface area contributed by atoms with E-state index in [0.717, 1.165) is 5.56 Å². The molecule has 3 rings (SSSR count). The van der Waals surface area contributed by atoms with E-state index >= 15 is 0 Å². The molecule has 2 aromatic carbocycles. The molecule has 1 amide bonds. The van der Waals surface area contributed by atoms with Gasteiger partial charge in [0.15, 0.2) is 5.78 Å². The lowest BCUT2D eigenvalue weighted by atomic mass is 9.72. The fourth-order valence-corrected chi connectivity index (χ4v) is 4.18. The largest absolute Gasteiger partial charge is 0.497 e. The number of hydrogen-bond donors (Lipinski definition) is 1. The van der Waals surface area contributed by atoms with Crippen molar-refractivity contribution in [2.24, 2.45) is 17.8 Å². The summed E-state index contributed by atoms with van der Waals surface area (Å²) in [4.78, 5) is 38.7. The predicted octanol–water partition coefficient (Wildman–Crippen LogP) is 3.40. The van der Waals surface area contributed by atoms with E-state index in [-0.39, 0.29) is 5.78 Å². The molecule has 30 heavy (non-hydrogen) atoms. The van der Waals surface area contributed by atoms with Crippen molar-refractivity contribution in [1.82, 2.24) is 5.32 Å². The number of nitrogens with one attached hydrogen (secondary N) is 1. The zero-order valence-electron chi connectivity index (χ0n) is 17.7. The Kier molecular flexibility index (Phi) is 6.25. The van der Waals surface area contributed by atoms with Crippen LogP contribution in [0, 0.1) is 17.8 Å². The van der Waals surface area contributed by atoms with Gasteiger partial charge in [-0.25, -0.2) is 0 Å². The van der Waals surface area contributed by atoms with E-state index in [4.69, 9.17) is 9.47 Å². The van der Waals surface area contributed by atoms with Gasteiger partial charge in [-0.05, 0) is 43.7 Å². The minimum atomic E-state index is -1.04. The Labute approximate surface area is 176 Å². The van der Waals surface area contributed by atoms with Crippen molar-refractivity contribution in [1.29, 1.82) is 0 Å². The van der Waals surface area contributed by atoms with Crippen LogP contribution >= 0.6 is 0 Å². The Morgan fingerprint density at radius 1 is 1.10 bits per heavy atom. The van der Waals surface area contributed by atoms with E-state index in [0.29, 0.717) is 17.9 Å². The summed E-state index contributed by atoms with van der Waals surface area (Å²) >= 11 is 0. The predicted molar refractivity (Wildman–Crippen MR) is 112 cm³/mol. The summed E-state index contributed by atoms with van der Waals surface area (Å²) < 4.78 is 10.7. The molecule has 0 aromatic heterocycles. The van der Waals surface area contributed by atoms with Crippen molar-refractivity contribution in [3.05, 3.63) is 65.7 Å². The normalized spacial score (nSPS) is 20.9. The van der Waals surface area contributed by atoms with E-state index in [2.05, 4.69) is 5.32 Å². The number of rotatable bonds is 7. The Morgan fingerprint density at radius 2 is 1.73 bits per heavy atom. The Balaban J connectivity index is 1.80. The highest BCUT2D eigenvalue weighted by Gasteiger charge is 2.56. The highest BCUT2D eigenvalue weighted by atomic mass is 16.6. The number of esters is 1. The molecule has 6 heteroatoms. The number of cyclic esters (lactones) is 1. The Morgan fingerprint density at radius 3 is 2.33 bits per heavy atom. The van der Waals surface area contributed by atoms with Crippen LogP contribution in [-0.4, -0.2) is 30.4 Å². The maximum Gasteiger partial charge on any atom is 0.319 e. The smallest absolute Gasteiger partial charge is 0.319 e. The number of hydrogen-bond acceptors (Lipinski definition) is 5. The van der Waals surface area contributed by atoms with Crippen LogP contribution < -0.4 is 10.1 Å². The van der Waals surface area contributed by atoms with E-state index < -0.39 is 35.2 Å². The molecule has 3 atom stereocenters. The highest BCUT2D eigenvalue weighted by molar-refractivity contribution is 6.03. The van der Waals surface area contributed by atoms with Crippen LogP contribution in [0.1, 0.15) is 36.7 Å². The minimum absolute atomic E-state index is 0.144. The molecule has 1 N–H and O–H groups in total. The van der Waals surface area contributed by atoms with Gasteiger partial charge in [-0.1, -0.05) is 37.3 Å². The first-order valence-electron chi connectivity index (χ1n) is 9.97. The number of Topliss-reactive ketones (excluding diaryl/α,β-unsaturated/α-hetero) is 1. The molecule has 1 saturated heterocycles. The van der Waals surface area contributed by atoms with Gasteiger partial charge >= 0.3 is 5.97 Å². The van der Waals surface area contributed by atoms with Crippen LogP contribution in [0.4, 0.5) is 0 Å². The van der Waals surface area contributed by atoms with Crippen LogP contribution in [0.15, 0.2) is 54.6 Å². The summed E-state index contributed by atoms with van der Waals surface area (Å²) in [5, 5.41) is 2.82. The second-order valence-corrected chi connectivity index (χ2v) is 8.11. The fraction of sp³-hybridized carbons (Fsp3) is 0.375. The van der Waals surface area contributed by atoms with Crippen molar-refractivity contribution >= 4 is 17.7 Å². The molecular formula is C24H27NO5. The molecular weight excluding hydrogens is 382 g/mol. The summed E-state index contributed by atoms with van der Waals surface area (Å²) in [5.74, 6) is -2.73. The number of carbonyl (C=O) groups is 3. The molecule has 0 aliphatic carbocycles.